The zero-order valence-corrected chi connectivity index (χ0v) is 11.2. The third-order valence-corrected chi connectivity index (χ3v) is 4.42. The predicted molar refractivity (Wildman–Crippen MR) is 71.6 cm³/mol. The lowest BCUT2D eigenvalue weighted by Gasteiger charge is -2.37. The van der Waals surface area contributed by atoms with E-state index in [4.69, 9.17) is 11.6 Å². The Kier molecular flexibility index (Phi) is 3.05. The molecule has 2 N–H and O–H groups in total. The summed E-state index contributed by atoms with van der Waals surface area (Å²) in [4.78, 5) is 14.4. The van der Waals surface area contributed by atoms with Crippen LogP contribution >= 0.6 is 11.6 Å². The molecule has 0 aromatic heterocycles. The molecular weight excluding hydrogens is 266 g/mol. The predicted octanol–water partition coefficient (Wildman–Crippen LogP) is 2.47. The average molecular weight is 282 g/mol. The molecule has 2 atom stereocenters. The molecule has 2 unspecified atom stereocenters. The maximum absolute atomic E-state index is 12.5. The zero-order chi connectivity index (χ0) is 13.6. The minimum Gasteiger partial charge on any atom is -0.508 e. The van der Waals surface area contributed by atoms with Gasteiger partial charge in [0, 0.05) is 29.1 Å². The molecule has 2 fully saturated rings. The SMILES string of the molecule is O=C(c1cc(O)cc(O)c1)N1C2CCC1CC(Cl)C2. The van der Waals surface area contributed by atoms with Gasteiger partial charge in [0.15, 0.2) is 0 Å². The molecule has 2 aliphatic rings. The summed E-state index contributed by atoms with van der Waals surface area (Å²) in [6, 6.07) is 4.40. The first-order valence-electron chi connectivity index (χ1n) is 6.54. The van der Waals surface area contributed by atoms with Gasteiger partial charge in [-0.2, -0.15) is 0 Å². The highest BCUT2D eigenvalue weighted by Crippen LogP contribution is 2.39. The van der Waals surface area contributed by atoms with Crippen molar-refractivity contribution in [1.82, 2.24) is 4.90 Å². The first-order valence-corrected chi connectivity index (χ1v) is 6.98. The van der Waals surface area contributed by atoms with Crippen molar-refractivity contribution in [2.24, 2.45) is 0 Å². The van der Waals surface area contributed by atoms with Gasteiger partial charge < -0.3 is 15.1 Å². The number of halogens is 1. The smallest absolute Gasteiger partial charge is 0.254 e. The number of benzene rings is 1. The van der Waals surface area contributed by atoms with E-state index in [0.717, 1.165) is 25.7 Å². The average Bonchev–Trinajstić information content (AvgIpc) is 2.59. The molecular formula is C14H16ClNO3. The summed E-state index contributed by atoms with van der Waals surface area (Å²) < 4.78 is 0. The van der Waals surface area contributed by atoms with Crippen LogP contribution in [-0.4, -0.2) is 38.5 Å². The summed E-state index contributed by atoms with van der Waals surface area (Å²) in [6.45, 7) is 0. The number of rotatable bonds is 1. The fourth-order valence-electron chi connectivity index (χ4n) is 3.31. The highest BCUT2D eigenvalue weighted by molar-refractivity contribution is 6.20. The molecule has 0 radical (unpaired) electrons. The van der Waals surface area contributed by atoms with E-state index in [0.29, 0.717) is 5.56 Å². The Morgan fingerprint density at radius 3 is 2.16 bits per heavy atom. The minimum atomic E-state index is -0.123. The number of phenols is 2. The van der Waals surface area contributed by atoms with Gasteiger partial charge in [0.2, 0.25) is 0 Å². The van der Waals surface area contributed by atoms with Crippen LogP contribution in [0.5, 0.6) is 11.5 Å². The number of nitrogens with zero attached hydrogens (tertiary/aromatic N) is 1. The van der Waals surface area contributed by atoms with Crippen LogP contribution < -0.4 is 0 Å². The van der Waals surface area contributed by atoms with Gasteiger partial charge in [-0.05, 0) is 37.8 Å². The molecule has 5 heteroatoms. The molecule has 1 amide bonds. The van der Waals surface area contributed by atoms with E-state index in [1.165, 1.54) is 18.2 Å². The van der Waals surface area contributed by atoms with Crippen molar-refractivity contribution in [2.75, 3.05) is 0 Å². The number of carbonyl (C=O) groups excluding carboxylic acids is 1. The number of piperidine rings is 1. The van der Waals surface area contributed by atoms with E-state index in [2.05, 4.69) is 0 Å². The molecule has 19 heavy (non-hydrogen) atoms. The number of phenolic OH excluding ortho intramolecular Hbond substituents is 2. The van der Waals surface area contributed by atoms with Gasteiger partial charge in [-0.3, -0.25) is 4.79 Å². The fraction of sp³-hybridized carbons (Fsp3) is 0.500. The molecule has 102 valence electrons. The number of hydrogen-bond acceptors (Lipinski definition) is 3. The van der Waals surface area contributed by atoms with Crippen molar-refractivity contribution in [3.63, 3.8) is 0 Å². The van der Waals surface area contributed by atoms with E-state index < -0.39 is 0 Å². The Hall–Kier alpha value is -1.42. The van der Waals surface area contributed by atoms with Crippen LogP contribution in [0.3, 0.4) is 0 Å². The maximum atomic E-state index is 12.5. The van der Waals surface area contributed by atoms with Gasteiger partial charge in [0.05, 0.1) is 0 Å². The van der Waals surface area contributed by atoms with Crippen molar-refractivity contribution < 1.29 is 15.0 Å². The summed E-state index contributed by atoms with van der Waals surface area (Å²) in [5.41, 5.74) is 0.336. The van der Waals surface area contributed by atoms with Crippen molar-refractivity contribution in [1.29, 1.82) is 0 Å². The summed E-state index contributed by atoms with van der Waals surface area (Å²) in [6.07, 6.45) is 3.64. The second-order valence-corrected chi connectivity index (χ2v) is 6.02. The lowest BCUT2D eigenvalue weighted by atomic mass is 10.0. The van der Waals surface area contributed by atoms with E-state index in [1.807, 2.05) is 4.90 Å². The second-order valence-electron chi connectivity index (χ2n) is 5.40. The zero-order valence-electron chi connectivity index (χ0n) is 10.4. The molecule has 1 aromatic rings. The summed E-state index contributed by atoms with van der Waals surface area (Å²) in [7, 11) is 0. The normalized spacial score (nSPS) is 29.5. The lowest BCUT2D eigenvalue weighted by molar-refractivity contribution is 0.0598. The summed E-state index contributed by atoms with van der Waals surface area (Å²) in [5, 5.41) is 19.1. The number of carbonyl (C=O) groups is 1. The molecule has 0 saturated carbocycles. The first kappa shape index (κ1) is 12.6. The van der Waals surface area contributed by atoms with E-state index in [9.17, 15) is 15.0 Å². The highest BCUT2D eigenvalue weighted by atomic mass is 35.5. The highest BCUT2D eigenvalue weighted by Gasteiger charge is 2.42. The molecule has 0 spiro atoms. The quantitative estimate of drug-likeness (QED) is 0.778. The monoisotopic (exact) mass is 281 g/mol. The Morgan fingerprint density at radius 2 is 1.63 bits per heavy atom. The summed E-state index contributed by atoms with van der Waals surface area (Å²) >= 11 is 6.19. The van der Waals surface area contributed by atoms with Gasteiger partial charge in [0.25, 0.3) is 5.91 Å². The van der Waals surface area contributed by atoms with Crippen LogP contribution in [0.1, 0.15) is 36.0 Å². The Bertz CT molecular complexity index is 485. The van der Waals surface area contributed by atoms with Crippen LogP contribution in [-0.2, 0) is 0 Å². The van der Waals surface area contributed by atoms with Crippen LogP contribution in [0, 0.1) is 0 Å². The second kappa shape index (κ2) is 4.60. The summed E-state index contributed by atoms with van der Waals surface area (Å²) in [5.74, 6) is -0.312. The Labute approximate surface area is 116 Å². The van der Waals surface area contributed by atoms with Crippen LogP contribution in [0.25, 0.3) is 0 Å². The van der Waals surface area contributed by atoms with Gasteiger partial charge in [-0.15, -0.1) is 11.6 Å². The number of alkyl halides is 1. The van der Waals surface area contributed by atoms with E-state index in [-0.39, 0.29) is 34.9 Å². The van der Waals surface area contributed by atoms with Gasteiger partial charge >= 0.3 is 0 Å². The van der Waals surface area contributed by atoms with Gasteiger partial charge in [-0.25, -0.2) is 0 Å². The van der Waals surface area contributed by atoms with Gasteiger partial charge in [-0.1, -0.05) is 0 Å². The third kappa shape index (κ3) is 2.25. The number of fused-ring (bicyclic) bond motifs is 2. The molecule has 0 aliphatic carbocycles. The van der Waals surface area contributed by atoms with E-state index >= 15 is 0 Å². The third-order valence-electron chi connectivity index (χ3n) is 4.06. The van der Waals surface area contributed by atoms with Crippen molar-refractivity contribution in [3.8, 4) is 11.5 Å². The molecule has 3 rings (SSSR count). The topological polar surface area (TPSA) is 60.8 Å². The molecule has 2 heterocycles. The molecule has 2 saturated heterocycles. The molecule has 4 nitrogen and oxygen atoms in total. The standard InChI is InChI=1S/C14H16ClNO3/c15-9-5-10-1-2-11(6-9)16(10)14(19)8-3-12(17)7-13(18)4-8/h3-4,7,9-11,17-18H,1-2,5-6H2. The molecule has 2 bridgehead atoms. The first-order chi connectivity index (χ1) is 9.04. The molecule has 2 aliphatic heterocycles. The lowest BCUT2D eigenvalue weighted by Crippen LogP contribution is -2.46. The van der Waals surface area contributed by atoms with Crippen molar-refractivity contribution >= 4 is 17.5 Å². The van der Waals surface area contributed by atoms with Crippen LogP contribution in [0.2, 0.25) is 0 Å². The van der Waals surface area contributed by atoms with E-state index in [1.54, 1.807) is 0 Å². The largest absolute Gasteiger partial charge is 0.508 e. The Morgan fingerprint density at radius 1 is 1.11 bits per heavy atom. The van der Waals surface area contributed by atoms with Crippen molar-refractivity contribution in [3.05, 3.63) is 23.8 Å². The van der Waals surface area contributed by atoms with Crippen molar-refractivity contribution in [2.45, 2.75) is 43.1 Å². The van der Waals surface area contributed by atoms with Crippen LogP contribution in [0.4, 0.5) is 0 Å². The Balaban J connectivity index is 1.88. The minimum absolute atomic E-state index is 0.0945. The molecule has 1 aromatic carbocycles. The number of hydrogen-bond donors (Lipinski definition) is 2. The maximum Gasteiger partial charge on any atom is 0.254 e. The fourth-order valence-corrected chi connectivity index (χ4v) is 3.72. The van der Waals surface area contributed by atoms with Crippen LogP contribution in [0.15, 0.2) is 18.2 Å². The van der Waals surface area contributed by atoms with Gasteiger partial charge in [0.1, 0.15) is 11.5 Å². The number of aromatic hydroxyl groups is 2. The number of amides is 1.